The molecule has 0 radical (unpaired) electrons. The molecule has 0 amide bonds. The van der Waals surface area contributed by atoms with Crippen molar-refractivity contribution in [2.24, 2.45) is 0 Å². The van der Waals surface area contributed by atoms with E-state index in [-0.39, 0.29) is 51.4 Å². The van der Waals surface area contributed by atoms with Crippen molar-refractivity contribution >= 4 is 37.6 Å². The maximum absolute atomic E-state index is 5.33. The Hall–Kier alpha value is -0.247. The zero-order chi connectivity index (χ0) is 30.1. The van der Waals surface area contributed by atoms with E-state index in [9.17, 15) is 0 Å². The number of benzene rings is 3. The quantitative estimate of drug-likeness (QED) is 0.274. The molecule has 236 valence electrons. The summed E-state index contributed by atoms with van der Waals surface area (Å²) in [5, 5.41) is 4.20. The molecule has 2 aliphatic heterocycles. The molecule has 0 unspecified atom stereocenters. The van der Waals surface area contributed by atoms with E-state index in [4.69, 9.17) is 33.2 Å². The molecule has 0 atom stereocenters. The summed E-state index contributed by atoms with van der Waals surface area (Å²) >= 11 is 3.58. The maximum atomic E-state index is 5.33. The van der Waals surface area contributed by atoms with Gasteiger partial charge in [0.2, 0.25) is 0 Å². The van der Waals surface area contributed by atoms with Gasteiger partial charge in [-0.25, -0.2) is 0 Å². The molecule has 7 nitrogen and oxygen atoms in total. The second-order valence-electron chi connectivity index (χ2n) is 9.77. The summed E-state index contributed by atoms with van der Waals surface area (Å²) in [7, 11) is 0. The summed E-state index contributed by atoms with van der Waals surface area (Å²) < 4.78 is 36.9. The molecule has 0 spiro atoms. The molecule has 0 saturated carbocycles. The molecule has 0 bridgehead atoms. The Labute approximate surface area is 315 Å². The Morgan fingerprint density at radius 3 is 0.727 bits per heavy atom. The van der Waals surface area contributed by atoms with Crippen LogP contribution in [0.15, 0.2) is 91.0 Å². The average molecular weight is 714 g/mol. The van der Waals surface area contributed by atoms with Crippen LogP contribution >= 0.6 is 0 Å². The van der Waals surface area contributed by atoms with E-state index in [0.29, 0.717) is 79.3 Å². The summed E-state index contributed by atoms with van der Waals surface area (Å²) in [4.78, 5) is 0. The van der Waals surface area contributed by atoms with Crippen molar-refractivity contribution in [1.29, 1.82) is 0 Å². The molecular formula is C34H47KO7SeSi. The summed E-state index contributed by atoms with van der Waals surface area (Å²) in [5.41, 5.74) is 0. The molecule has 2 fully saturated rings. The van der Waals surface area contributed by atoms with Gasteiger partial charge < -0.3 is 33.2 Å². The first-order chi connectivity index (χ1) is 21.3. The van der Waals surface area contributed by atoms with Crippen LogP contribution in [0.25, 0.3) is 0 Å². The van der Waals surface area contributed by atoms with E-state index < -0.39 is 6.68 Å². The molecule has 0 N–H and O–H groups in total. The summed E-state index contributed by atoms with van der Waals surface area (Å²) in [6.45, 7) is 7.03. The van der Waals surface area contributed by atoms with Crippen molar-refractivity contribution in [1.82, 2.24) is 0 Å². The van der Waals surface area contributed by atoms with Crippen LogP contribution in [-0.4, -0.2) is 115 Å². The van der Waals surface area contributed by atoms with Crippen molar-refractivity contribution in [3.8, 4) is 0 Å². The van der Waals surface area contributed by atoms with Gasteiger partial charge >= 0.3 is 180 Å². The van der Waals surface area contributed by atoms with Gasteiger partial charge in [0.25, 0.3) is 0 Å². The predicted octanol–water partition coefficient (Wildman–Crippen LogP) is -0.278. The second kappa shape index (κ2) is 26.8. The zero-order valence-electron chi connectivity index (χ0n) is 26.2. The Bertz CT molecular complexity index is 870. The average Bonchev–Trinajstić information content (AvgIpc) is 3.67. The van der Waals surface area contributed by atoms with Crippen molar-refractivity contribution in [2.75, 3.05) is 92.5 Å². The molecule has 0 aromatic heterocycles. The molecule has 10 heteroatoms. The van der Waals surface area contributed by atoms with Gasteiger partial charge in [0.05, 0.1) is 79.3 Å². The van der Waals surface area contributed by atoms with Crippen LogP contribution in [0.5, 0.6) is 0 Å². The van der Waals surface area contributed by atoms with Crippen LogP contribution in [0, 0.1) is 0 Å². The molecule has 2 saturated heterocycles. The van der Waals surface area contributed by atoms with Crippen LogP contribution in [-0.2, 0) is 33.2 Å². The minimum atomic E-state index is -2.00. The third kappa shape index (κ3) is 16.5. The molecule has 3 aromatic rings. The normalized spacial score (nSPS) is 17.7. The van der Waals surface area contributed by atoms with Gasteiger partial charge in [-0.1, -0.05) is 0 Å². The molecule has 2 aliphatic rings. The molecule has 3 aromatic carbocycles. The fraction of sp³-hybridized carbons (Fsp3) is 0.471. The van der Waals surface area contributed by atoms with E-state index in [2.05, 4.69) is 106 Å². The third-order valence-electron chi connectivity index (χ3n) is 6.60. The van der Waals surface area contributed by atoms with Gasteiger partial charge in [0.1, 0.15) is 0 Å². The minimum absolute atomic E-state index is 0. The fourth-order valence-corrected chi connectivity index (χ4v) is 9.90. The Balaban J connectivity index is 0.000000261. The second-order valence-corrected chi connectivity index (χ2v) is 16.7. The Morgan fingerprint density at radius 1 is 0.341 bits per heavy atom. The van der Waals surface area contributed by atoms with Crippen LogP contribution in [0.2, 0.25) is 0 Å². The first kappa shape index (κ1) is 39.9. The molecule has 44 heavy (non-hydrogen) atoms. The Kier molecular flexibility index (Phi) is 24.3. The Morgan fingerprint density at radius 2 is 0.545 bits per heavy atom. The van der Waals surface area contributed by atoms with E-state index >= 15 is 0 Å². The fourth-order valence-electron chi connectivity index (χ4n) is 4.35. The van der Waals surface area contributed by atoms with Gasteiger partial charge in [0.15, 0.2) is 0 Å². The van der Waals surface area contributed by atoms with Crippen molar-refractivity contribution in [3.63, 3.8) is 0 Å². The standard InChI is InChI=1S/C18H15SeSi.C12H24O6.C4H8O.K/c19-20(16-10-4-1-5-11-16,17-12-6-2-7-13-17)18-14-8-3-9-15-18;1-2-14-5-6-16-9-10-18-12-11-17-8-7-15-4-3-13-1;1-2-4-5-3-1;/h1-15H;1-12H2;1-4H2;/q-1;;;+1. The first-order valence-corrected chi connectivity index (χ1v) is 19.7. The van der Waals surface area contributed by atoms with Gasteiger partial charge in [0, 0.05) is 13.2 Å². The van der Waals surface area contributed by atoms with Gasteiger partial charge in [-0.3, -0.25) is 0 Å². The van der Waals surface area contributed by atoms with Crippen LogP contribution in [0.4, 0.5) is 0 Å². The zero-order valence-corrected chi connectivity index (χ0v) is 32.1. The molecule has 2 heterocycles. The molecule has 0 aliphatic carbocycles. The van der Waals surface area contributed by atoms with Crippen LogP contribution in [0.3, 0.4) is 0 Å². The monoisotopic (exact) mass is 714 g/mol. The van der Waals surface area contributed by atoms with E-state index in [1.54, 1.807) is 0 Å². The van der Waals surface area contributed by atoms with E-state index in [1.807, 2.05) is 0 Å². The number of rotatable bonds is 3. The topological polar surface area (TPSA) is 64.6 Å². The number of hydrogen-bond donors (Lipinski definition) is 0. The summed E-state index contributed by atoms with van der Waals surface area (Å²) in [5.74, 6) is 0. The van der Waals surface area contributed by atoms with Crippen molar-refractivity contribution < 1.29 is 84.5 Å². The number of ether oxygens (including phenoxy) is 7. The van der Waals surface area contributed by atoms with Crippen LogP contribution in [0.1, 0.15) is 12.8 Å². The third-order valence-corrected chi connectivity index (χ3v) is 14.5. The predicted molar refractivity (Wildman–Crippen MR) is 175 cm³/mol. The summed E-state index contributed by atoms with van der Waals surface area (Å²) in [6, 6.07) is 32.4. The van der Waals surface area contributed by atoms with E-state index in [1.165, 1.54) is 28.4 Å². The van der Waals surface area contributed by atoms with Crippen LogP contribution < -0.4 is 66.9 Å². The van der Waals surface area contributed by atoms with Crippen molar-refractivity contribution in [3.05, 3.63) is 91.0 Å². The van der Waals surface area contributed by atoms with Gasteiger partial charge in [-0.2, -0.15) is 0 Å². The van der Waals surface area contributed by atoms with Crippen molar-refractivity contribution in [2.45, 2.75) is 12.8 Å². The molecular weight excluding hydrogens is 667 g/mol. The summed E-state index contributed by atoms with van der Waals surface area (Å²) in [6.07, 6.45) is 2.56. The molecule has 5 rings (SSSR count). The van der Waals surface area contributed by atoms with E-state index in [0.717, 1.165) is 13.2 Å². The first-order valence-electron chi connectivity index (χ1n) is 15.2. The number of hydrogen-bond acceptors (Lipinski definition) is 7. The van der Waals surface area contributed by atoms with Gasteiger partial charge in [-0.05, 0) is 12.8 Å². The SMILES string of the molecule is C1CCOC1.C1COCCOCCOCCOCCOCCO1.[K+].[Se-][Si](c1ccccc1)(c1ccccc1)c1ccccc1. The van der Waals surface area contributed by atoms with Gasteiger partial charge in [-0.15, -0.1) is 0 Å².